The third-order valence-corrected chi connectivity index (χ3v) is 7.00. The molecule has 1 fully saturated rings. The zero-order chi connectivity index (χ0) is 21.8. The van der Waals surface area contributed by atoms with Crippen LogP contribution in [0.1, 0.15) is 38.2 Å². The molecule has 1 aliphatic rings. The predicted molar refractivity (Wildman–Crippen MR) is 122 cm³/mol. The summed E-state index contributed by atoms with van der Waals surface area (Å²) in [7, 11) is 0. The number of amides is 1. The summed E-state index contributed by atoms with van der Waals surface area (Å²) in [4.78, 5) is 23.0. The molecular formula is C23H28N4O3S. The molecule has 0 aromatic carbocycles. The van der Waals surface area contributed by atoms with E-state index < -0.39 is 0 Å². The first kappa shape index (κ1) is 21.7. The molecule has 1 aliphatic heterocycles. The van der Waals surface area contributed by atoms with Crippen molar-refractivity contribution in [3.63, 3.8) is 0 Å². The number of aromatic nitrogens is 1. The number of aliphatic hydroxyl groups is 1. The van der Waals surface area contributed by atoms with Gasteiger partial charge in [0.1, 0.15) is 5.00 Å². The SMILES string of the molecule is Cc1sc(NC(=O)c2ccco2)c([C@@H](c2cccnc2)N2CCN(CCO)CC2)c1C. The van der Waals surface area contributed by atoms with Crippen molar-refractivity contribution in [2.45, 2.75) is 19.9 Å². The van der Waals surface area contributed by atoms with Gasteiger partial charge in [0.2, 0.25) is 0 Å². The zero-order valence-electron chi connectivity index (χ0n) is 17.9. The number of piperazine rings is 1. The van der Waals surface area contributed by atoms with Gasteiger partial charge >= 0.3 is 0 Å². The van der Waals surface area contributed by atoms with E-state index in [-0.39, 0.29) is 18.6 Å². The Kier molecular flexibility index (Phi) is 6.82. The number of carbonyl (C=O) groups excluding carboxylic acids is 1. The van der Waals surface area contributed by atoms with Crippen molar-refractivity contribution in [3.05, 3.63) is 70.3 Å². The van der Waals surface area contributed by atoms with Crippen molar-refractivity contribution < 1.29 is 14.3 Å². The summed E-state index contributed by atoms with van der Waals surface area (Å²) >= 11 is 1.60. The topological polar surface area (TPSA) is 81.8 Å². The van der Waals surface area contributed by atoms with Crippen LogP contribution in [0, 0.1) is 13.8 Å². The highest BCUT2D eigenvalue weighted by molar-refractivity contribution is 7.16. The third-order valence-electron chi connectivity index (χ3n) is 5.87. The van der Waals surface area contributed by atoms with Crippen molar-refractivity contribution in [1.82, 2.24) is 14.8 Å². The standard InChI is InChI=1S/C23H28N4O3S/c1-16-17(2)31-23(25-22(29)19-6-4-14-30-19)20(16)21(18-5-3-7-24-15-18)27-10-8-26(9-11-27)12-13-28/h3-7,14-15,21,28H,8-13H2,1-2H3,(H,25,29)/t21-/m1/s1. The lowest BCUT2D eigenvalue weighted by molar-refractivity contribution is 0.0943. The fourth-order valence-electron chi connectivity index (χ4n) is 4.12. The molecule has 1 atom stereocenters. The van der Waals surface area contributed by atoms with Gasteiger partial charge in [-0.3, -0.25) is 19.6 Å². The summed E-state index contributed by atoms with van der Waals surface area (Å²) in [6, 6.07) is 7.43. The van der Waals surface area contributed by atoms with Crippen molar-refractivity contribution in [1.29, 1.82) is 0 Å². The van der Waals surface area contributed by atoms with Crippen LogP contribution in [0.4, 0.5) is 5.00 Å². The van der Waals surface area contributed by atoms with Gasteiger partial charge in [-0.1, -0.05) is 6.07 Å². The number of rotatable bonds is 7. The number of aryl methyl sites for hydroxylation is 1. The van der Waals surface area contributed by atoms with E-state index in [1.165, 1.54) is 16.7 Å². The Morgan fingerprint density at radius 3 is 2.71 bits per heavy atom. The van der Waals surface area contributed by atoms with E-state index in [9.17, 15) is 9.90 Å². The summed E-state index contributed by atoms with van der Waals surface area (Å²) in [6.45, 7) is 8.63. The molecule has 0 radical (unpaired) electrons. The Balaban J connectivity index is 1.69. The molecule has 8 heteroatoms. The normalized spacial score (nSPS) is 16.4. The summed E-state index contributed by atoms with van der Waals surface area (Å²) in [6.07, 6.45) is 5.20. The highest BCUT2D eigenvalue weighted by atomic mass is 32.1. The Morgan fingerprint density at radius 1 is 1.26 bits per heavy atom. The van der Waals surface area contributed by atoms with E-state index in [0.29, 0.717) is 12.3 Å². The van der Waals surface area contributed by atoms with Crippen LogP contribution in [0.5, 0.6) is 0 Å². The first-order chi connectivity index (χ1) is 15.1. The number of hydrogen-bond acceptors (Lipinski definition) is 7. The number of aliphatic hydroxyl groups excluding tert-OH is 1. The molecule has 0 unspecified atom stereocenters. The maximum absolute atomic E-state index is 12.7. The van der Waals surface area contributed by atoms with Gasteiger partial charge < -0.3 is 14.8 Å². The second-order valence-electron chi connectivity index (χ2n) is 7.75. The maximum atomic E-state index is 12.7. The van der Waals surface area contributed by atoms with E-state index >= 15 is 0 Å². The fraction of sp³-hybridized carbons (Fsp3) is 0.391. The van der Waals surface area contributed by atoms with Crippen molar-refractivity contribution in [3.8, 4) is 0 Å². The average molecular weight is 441 g/mol. The third kappa shape index (κ3) is 4.72. The van der Waals surface area contributed by atoms with Crippen LogP contribution < -0.4 is 5.32 Å². The largest absolute Gasteiger partial charge is 0.459 e. The molecule has 7 nitrogen and oxygen atoms in total. The van der Waals surface area contributed by atoms with Gasteiger partial charge in [0.05, 0.1) is 18.9 Å². The average Bonchev–Trinajstić information content (AvgIpc) is 3.41. The summed E-state index contributed by atoms with van der Waals surface area (Å²) in [5.74, 6) is 0.0513. The van der Waals surface area contributed by atoms with Crippen molar-refractivity contribution >= 4 is 22.2 Å². The highest BCUT2D eigenvalue weighted by Gasteiger charge is 2.31. The number of nitrogens with one attached hydrogen (secondary N) is 1. The number of carbonyl (C=O) groups is 1. The maximum Gasteiger partial charge on any atom is 0.291 e. The molecular weight excluding hydrogens is 412 g/mol. The first-order valence-electron chi connectivity index (χ1n) is 10.5. The van der Waals surface area contributed by atoms with E-state index in [1.54, 1.807) is 29.7 Å². The van der Waals surface area contributed by atoms with Gasteiger partial charge in [-0.2, -0.15) is 0 Å². The number of hydrogen-bond donors (Lipinski definition) is 2. The Hall–Kier alpha value is -2.52. The Morgan fingerprint density at radius 2 is 2.06 bits per heavy atom. The number of anilines is 1. The van der Waals surface area contributed by atoms with E-state index in [0.717, 1.165) is 42.3 Å². The van der Waals surface area contributed by atoms with Crippen molar-refractivity contribution in [2.24, 2.45) is 0 Å². The smallest absolute Gasteiger partial charge is 0.291 e. The lowest BCUT2D eigenvalue weighted by atomic mass is 9.95. The predicted octanol–water partition coefficient (Wildman–Crippen LogP) is 3.30. The Bertz CT molecular complexity index is 996. The van der Waals surface area contributed by atoms with E-state index in [1.807, 2.05) is 12.3 Å². The minimum Gasteiger partial charge on any atom is -0.459 e. The van der Waals surface area contributed by atoms with E-state index in [4.69, 9.17) is 4.42 Å². The number of thiophene rings is 1. The van der Waals surface area contributed by atoms with Gasteiger partial charge in [-0.15, -0.1) is 11.3 Å². The van der Waals surface area contributed by atoms with Crippen LogP contribution in [-0.4, -0.2) is 65.1 Å². The molecule has 4 rings (SSSR count). The summed E-state index contributed by atoms with van der Waals surface area (Å²) < 4.78 is 5.29. The second kappa shape index (κ2) is 9.74. The van der Waals surface area contributed by atoms with Crippen LogP contribution in [0.3, 0.4) is 0 Å². The van der Waals surface area contributed by atoms with Crippen LogP contribution in [0.2, 0.25) is 0 Å². The first-order valence-corrected chi connectivity index (χ1v) is 11.3. The molecule has 1 amide bonds. The second-order valence-corrected chi connectivity index (χ2v) is 8.97. The van der Waals surface area contributed by atoms with Crippen LogP contribution >= 0.6 is 11.3 Å². The highest BCUT2D eigenvalue weighted by Crippen LogP contribution is 2.42. The van der Waals surface area contributed by atoms with Gasteiger partial charge in [-0.25, -0.2) is 0 Å². The van der Waals surface area contributed by atoms with E-state index in [2.05, 4.69) is 40.0 Å². The summed E-state index contributed by atoms with van der Waals surface area (Å²) in [5, 5.41) is 13.2. The van der Waals surface area contributed by atoms with Gasteiger partial charge in [0.15, 0.2) is 5.76 Å². The summed E-state index contributed by atoms with van der Waals surface area (Å²) in [5.41, 5.74) is 3.41. The van der Waals surface area contributed by atoms with Crippen LogP contribution in [0.15, 0.2) is 47.3 Å². The van der Waals surface area contributed by atoms with Gasteiger partial charge in [0, 0.05) is 55.6 Å². The van der Waals surface area contributed by atoms with Crippen molar-refractivity contribution in [2.75, 3.05) is 44.6 Å². The molecule has 0 bridgehead atoms. The molecule has 0 saturated carbocycles. The molecule has 164 valence electrons. The fourth-order valence-corrected chi connectivity index (χ4v) is 5.21. The molecule has 2 N–H and O–H groups in total. The molecule has 3 aromatic rings. The van der Waals surface area contributed by atoms with Crippen LogP contribution in [0.25, 0.3) is 0 Å². The molecule has 3 aromatic heterocycles. The van der Waals surface area contributed by atoms with Gasteiger partial charge in [-0.05, 0) is 43.2 Å². The van der Waals surface area contributed by atoms with Crippen LogP contribution in [-0.2, 0) is 0 Å². The lowest BCUT2D eigenvalue weighted by Crippen LogP contribution is -2.48. The number of pyridine rings is 1. The van der Waals surface area contributed by atoms with Gasteiger partial charge in [0.25, 0.3) is 5.91 Å². The molecule has 0 spiro atoms. The zero-order valence-corrected chi connectivity index (χ0v) is 18.7. The number of furan rings is 1. The number of β-amino-alcohol motifs (C(OH)–C–C–N with tert-alkyl or cyclic N) is 1. The minimum absolute atomic E-state index is 0.0122. The molecule has 4 heterocycles. The Labute approximate surface area is 186 Å². The molecule has 31 heavy (non-hydrogen) atoms. The molecule has 0 aliphatic carbocycles. The minimum atomic E-state index is -0.245. The quantitative estimate of drug-likeness (QED) is 0.587. The molecule has 1 saturated heterocycles. The lowest BCUT2D eigenvalue weighted by Gasteiger charge is -2.39. The number of nitrogens with zero attached hydrogens (tertiary/aromatic N) is 3. The monoisotopic (exact) mass is 440 g/mol.